The minimum atomic E-state index is 1.26. The predicted octanol–water partition coefficient (Wildman–Crippen LogP) is 13.0. The van der Waals surface area contributed by atoms with Gasteiger partial charge in [-0.3, -0.25) is 0 Å². The molecule has 9 aromatic rings. The maximum atomic E-state index is 2.40. The molecule has 0 radical (unpaired) electrons. The van der Waals surface area contributed by atoms with Crippen LogP contribution in [0.25, 0.3) is 86.9 Å². The van der Waals surface area contributed by atoms with Gasteiger partial charge in [0, 0.05) is 0 Å². The molecule has 0 N–H and O–H groups in total. The van der Waals surface area contributed by atoms with E-state index < -0.39 is 0 Å². The van der Waals surface area contributed by atoms with Crippen LogP contribution < -0.4 is 0 Å². The molecule has 0 saturated carbocycles. The molecule has 0 amide bonds. The van der Waals surface area contributed by atoms with Gasteiger partial charge in [-0.1, -0.05) is 159 Å². The number of rotatable bonds is 2. The lowest BCUT2D eigenvalue weighted by Crippen LogP contribution is -1.92. The molecule has 0 spiro atoms. The first-order valence-corrected chi connectivity index (χ1v) is 15.6. The van der Waals surface area contributed by atoms with Crippen molar-refractivity contribution in [3.63, 3.8) is 0 Å². The largest absolute Gasteiger partial charge is 0.0683 e. The monoisotopic (exact) mass is 560 g/mol. The van der Waals surface area contributed by atoms with Gasteiger partial charge in [0.05, 0.1) is 0 Å². The molecule has 0 saturated heterocycles. The van der Waals surface area contributed by atoms with Crippen LogP contribution in [-0.2, 0) is 0 Å². The Morgan fingerprint density at radius 1 is 0.250 bits per heavy atom. The van der Waals surface area contributed by atoms with E-state index in [0.717, 1.165) is 0 Å². The smallest absolute Gasteiger partial charge is 0.00201 e. The Bertz CT molecular complexity index is 2450. The van der Waals surface area contributed by atoms with Crippen molar-refractivity contribution in [3.05, 3.63) is 158 Å². The zero-order valence-corrected chi connectivity index (χ0v) is 25.0. The second kappa shape index (κ2) is 10.7. The molecule has 0 aromatic heterocycles. The highest BCUT2D eigenvalue weighted by Gasteiger charge is 2.19. The van der Waals surface area contributed by atoms with Crippen LogP contribution in [0.3, 0.4) is 0 Å². The zero-order valence-electron chi connectivity index (χ0n) is 25.0. The van der Waals surface area contributed by atoms with Crippen molar-refractivity contribution < 1.29 is 0 Å². The van der Waals surface area contributed by atoms with E-state index in [1.165, 1.54) is 86.9 Å². The van der Waals surface area contributed by atoms with Gasteiger partial charge in [0.25, 0.3) is 0 Å². The summed E-state index contributed by atoms with van der Waals surface area (Å²) in [5.74, 6) is 0. The third-order valence-corrected chi connectivity index (χ3v) is 9.00. The van der Waals surface area contributed by atoms with E-state index in [0.29, 0.717) is 0 Å². The summed E-state index contributed by atoms with van der Waals surface area (Å²) in [5.41, 5.74) is 5.16. The summed E-state index contributed by atoms with van der Waals surface area (Å²) in [4.78, 5) is 0. The van der Waals surface area contributed by atoms with Crippen LogP contribution >= 0.6 is 0 Å². The first-order valence-electron chi connectivity index (χ1n) is 15.6. The Hall–Kier alpha value is -5.46. The average Bonchev–Trinajstić information content (AvgIpc) is 3.10. The summed E-state index contributed by atoms with van der Waals surface area (Å²) < 4.78 is 0. The first kappa shape index (κ1) is 26.2. The molecule has 0 fully saturated rings. The van der Waals surface area contributed by atoms with Crippen LogP contribution in [0.5, 0.6) is 0 Å². The number of benzene rings is 9. The van der Waals surface area contributed by atoms with Crippen molar-refractivity contribution in [2.24, 2.45) is 0 Å². The Morgan fingerprint density at radius 2 is 0.614 bits per heavy atom. The van der Waals surface area contributed by atoms with E-state index in [9.17, 15) is 0 Å². The Labute approximate surface area is 257 Å². The van der Waals surface area contributed by atoms with Crippen LogP contribution in [0, 0.1) is 0 Å². The topological polar surface area (TPSA) is 0 Å². The van der Waals surface area contributed by atoms with E-state index >= 15 is 0 Å². The molecule has 44 heavy (non-hydrogen) atoms. The van der Waals surface area contributed by atoms with E-state index in [1.54, 1.807) is 0 Å². The highest BCUT2D eigenvalue weighted by atomic mass is 14.2. The number of hydrogen-bond acceptors (Lipinski definition) is 0. The summed E-state index contributed by atoms with van der Waals surface area (Å²) in [6.45, 7) is 4.00. The van der Waals surface area contributed by atoms with Crippen molar-refractivity contribution in [2.45, 2.75) is 13.8 Å². The molecule has 0 heteroatoms. The van der Waals surface area contributed by atoms with Gasteiger partial charge in [-0.05, 0) is 99.0 Å². The van der Waals surface area contributed by atoms with Crippen LogP contribution in [0.1, 0.15) is 13.8 Å². The van der Waals surface area contributed by atoms with E-state index in [-0.39, 0.29) is 0 Å². The lowest BCUT2D eigenvalue weighted by Gasteiger charge is -2.20. The lowest BCUT2D eigenvalue weighted by molar-refractivity contribution is 1.50. The van der Waals surface area contributed by atoms with Gasteiger partial charge < -0.3 is 0 Å². The predicted molar refractivity (Wildman–Crippen MR) is 194 cm³/mol. The molecule has 0 heterocycles. The molecule has 9 aromatic carbocycles. The fourth-order valence-electron chi connectivity index (χ4n) is 7.15. The van der Waals surface area contributed by atoms with Gasteiger partial charge in [0.1, 0.15) is 0 Å². The molecule has 0 unspecified atom stereocenters. The highest BCUT2D eigenvalue weighted by molar-refractivity contribution is 6.26. The molecular formula is C44H32. The Balaban J connectivity index is 0.00000142. The summed E-state index contributed by atoms with van der Waals surface area (Å²) in [6, 6.07) is 58.1. The summed E-state index contributed by atoms with van der Waals surface area (Å²) in [5, 5.41) is 15.4. The minimum absolute atomic E-state index is 1.26. The fourth-order valence-corrected chi connectivity index (χ4v) is 7.15. The van der Waals surface area contributed by atoms with Crippen LogP contribution in [0.15, 0.2) is 158 Å². The van der Waals surface area contributed by atoms with Crippen molar-refractivity contribution in [2.75, 3.05) is 0 Å². The molecule has 0 atom stereocenters. The van der Waals surface area contributed by atoms with Gasteiger partial charge in [0.2, 0.25) is 0 Å². The van der Waals surface area contributed by atoms with Crippen molar-refractivity contribution in [1.29, 1.82) is 0 Å². The lowest BCUT2D eigenvalue weighted by atomic mass is 9.83. The van der Waals surface area contributed by atoms with Gasteiger partial charge in [-0.2, -0.15) is 0 Å². The molecule has 0 bridgehead atoms. The average molecular weight is 561 g/mol. The number of hydrogen-bond donors (Lipinski definition) is 0. The third kappa shape index (κ3) is 3.99. The summed E-state index contributed by atoms with van der Waals surface area (Å²) in [7, 11) is 0. The van der Waals surface area contributed by atoms with Crippen molar-refractivity contribution >= 4 is 64.6 Å². The van der Waals surface area contributed by atoms with Crippen LogP contribution in [0.2, 0.25) is 0 Å². The summed E-state index contributed by atoms with van der Waals surface area (Å²) in [6.07, 6.45) is 0. The quantitative estimate of drug-likeness (QED) is 0.146. The Morgan fingerprint density at radius 3 is 1.20 bits per heavy atom. The Kier molecular flexibility index (Phi) is 6.35. The zero-order chi connectivity index (χ0) is 29.6. The van der Waals surface area contributed by atoms with Gasteiger partial charge >= 0.3 is 0 Å². The second-order valence-electron chi connectivity index (χ2n) is 11.3. The SMILES string of the molecule is CC.c1ccc2c(-c3c4ccccc4c(-c4cccc5cc6c(ccc7ccccc76)cc45)c4ccccc34)cccc2c1. The second-order valence-corrected chi connectivity index (χ2v) is 11.3. The van der Waals surface area contributed by atoms with Gasteiger partial charge in [-0.25, -0.2) is 0 Å². The van der Waals surface area contributed by atoms with Crippen LogP contribution in [0.4, 0.5) is 0 Å². The van der Waals surface area contributed by atoms with Crippen molar-refractivity contribution in [3.8, 4) is 22.3 Å². The fraction of sp³-hybridized carbons (Fsp3) is 0.0455. The molecular weight excluding hydrogens is 528 g/mol. The van der Waals surface area contributed by atoms with E-state index in [4.69, 9.17) is 0 Å². The highest BCUT2D eigenvalue weighted by Crippen LogP contribution is 2.47. The molecule has 9 rings (SSSR count). The normalized spacial score (nSPS) is 11.4. The maximum absolute atomic E-state index is 2.40. The minimum Gasteiger partial charge on any atom is -0.0683 e. The molecule has 0 aliphatic heterocycles. The molecule has 0 aliphatic carbocycles. The molecule has 0 aliphatic rings. The number of fused-ring (bicyclic) bond motifs is 7. The standard InChI is InChI=1S/C42H26.C2H6/c1-3-15-31-27(11-1)13-9-21-33(31)41-34-17-5-7-19-36(34)42(37-20-8-6-18-35(37)41)38-22-10-14-29-25-39-30(26-40(29)38)24-23-28-12-2-4-16-32(28)39;1-2/h1-26H;1-2H3. The third-order valence-electron chi connectivity index (χ3n) is 9.00. The molecule has 208 valence electrons. The summed E-state index contributed by atoms with van der Waals surface area (Å²) >= 11 is 0. The maximum Gasteiger partial charge on any atom is -0.00201 e. The van der Waals surface area contributed by atoms with Crippen molar-refractivity contribution in [1.82, 2.24) is 0 Å². The van der Waals surface area contributed by atoms with E-state index in [2.05, 4.69) is 158 Å². The van der Waals surface area contributed by atoms with Crippen LogP contribution in [-0.4, -0.2) is 0 Å². The first-order chi connectivity index (χ1) is 21.8. The van der Waals surface area contributed by atoms with Gasteiger partial charge in [0.15, 0.2) is 0 Å². The van der Waals surface area contributed by atoms with E-state index in [1.807, 2.05) is 13.8 Å². The molecule has 0 nitrogen and oxygen atoms in total. The van der Waals surface area contributed by atoms with Gasteiger partial charge in [-0.15, -0.1) is 0 Å².